The second-order valence-electron chi connectivity index (χ2n) is 3.48. The molecule has 1 fully saturated rings. The maximum atomic E-state index is 11.5. The molecule has 0 spiro atoms. The number of carbonyl (C=O) groups is 1. The lowest BCUT2D eigenvalue weighted by Gasteiger charge is -2.28. The molecule has 0 bridgehead atoms. The lowest BCUT2D eigenvalue weighted by Crippen LogP contribution is -2.44. The fourth-order valence-electron chi connectivity index (χ4n) is 1.84. The summed E-state index contributed by atoms with van der Waals surface area (Å²) in [5, 5.41) is 0. The van der Waals surface area contributed by atoms with E-state index in [9.17, 15) is 4.79 Å². The highest BCUT2D eigenvalue weighted by Gasteiger charge is 2.22. The van der Waals surface area contributed by atoms with Crippen molar-refractivity contribution < 1.29 is 4.79 Å². The van der Waals surface area contributed by atoms with Crippen LogP contribution in [0.5, 0.6) is 0 Å². The highest BCUT2D eigenvalue weighted by molar-refractivity contribution is 7.81. The van der Waals surface area contributed by atoms with Gasteiger partial charge in [-0.25, -0.2) is 0 Å². The molecule has 1 atom stereocenters. The van der Waals surface area contributed by atoms with Crippen LogP contribution in [0, 0.1) is 0 Å². The van der Waals surface area contributed by atoms with E-state index in [0.29, 0.717) is 12.3 Å². The van der Waals surface area contributed by atoms with E-state index in [1.165, 1.54) is 12.8 Å². The van der Waals surface area contributed by atoms with Crippen LogP contribution in [0.3, 0.4) is 0 Å². The summed E-state index contributed by atoms with van der Waals surface area (Å²) in [5.41, 5.74) is 5.64. The first kappa shape index (κ1) is 10.9. The molecule has 1 unspecified atom stereocenters. The van der Waals surface area contributed by atoms with Gasteiger partial charge in [0.2, 0.25) is 5.91 Å². The Hall–Kier alpha value is -0.220. The van der Waals surface area contributed by atoms with Gasteiger partial charge in [0.1, 0.15) is 0 Å². The Bertz CT molecular complexity index is 175. The summed E-state index contributed by atoms with van der Waals surface area (Å²) in [7, 11) is 0. The average Bonchev–Trinajstić information content (AvgIpc) is 2.41. The monoisotopic (exact) mass is 202 g/mol. The Kier molecular flexibility index (Phi) is 4.59. The van der Waals surface area contributed by atoms with E-state index < -0.39 is 0 Å². The topological polar surface area (TPSA) is 46.3 Å². The molecule has 4 heteroatoms. The van der Waals surface area contributed by atoms with Crippen molar-refractivity contribution in [3.8, 4) is 0 Å². The molecule has 0 aromatic heterocycles. The number of nitrogens with zero attached hydrogens (tertiary/aromatic N) is 1. The molecule has 3 nitrogen and oxygen atoms in total. The molecule has 0 aliphatic carbocycles. The SMILES string of the molecule is NCC1CCCCCN1C(=O)CS. The van der Waals surface area contributed by atoms with Crippen molar-refractivity contribution in [2.75, 3.05) is 18.8 Å². The van der Waals surface area contributed by atoms with Crippen LogP contribution in [0.4, 0.5) is 0 Å². The zero-order valence-electron chi connectivity index (χ0n) is 7.91. The van der Waals surface area contributed by atoms with Gasteiger partial charge in [-0.15, -0.1) is 0 Å². The van der Waals surface area contributed by atoms with E-state index in [1.54, 1.807) is 0 Å². The molecule has 1 amide bonds. The quantitative estimate of drug-likeness (QED) is 0.646. The Morgan fingerprint density at radius 3 is 2.85 bits per heavy atom. The third-order valence-electron chi connectivity index (χ3n) is 2.60. The van der Waals surface area contributed by atoms with Crippen molar-refractivity contribution in [2.24, 2.45) is 5.73 Å². The summed E-state index contributed by atoms with van der Waals surface area (Å²) in [6.07, 6.45) is 4.57. The molecule has 1 heterocycles. The summed E-state index contributed by atoms with van der Waals surface area (Å²) in [5.74, 6) is 0.428. The minimum absolute atomic E-state index is 0.126. The van der Waals surface area contributed by atoms with Gasteiger partial charge >= 0.3 is 0 Å². The van der Waals surface area contributed by atoms with Gasteiger partial charge in [-0.2, -0.15) is 12.6 Å². The zero-order valence-corrected chi connectivity index (χ0v) is 8.80. The van der Waals surface area contributed by atoms with E-state index >= 15 is 0 Å². The van der Waals surface area contributed by atoms with Gasteiger partial charge in [-0.05, 0) is 12.8 Å². The third-order valence-corrected chi connectivity index (χ3v) is 2.88. The van der Waals surface area contributed by atoms with Crippen molar-refractivity contribution in [3.63, 3.8) is 0 Å². The Balaban J connectivity index is 2.58. The van der Waals surface area contributed by atoms with E-state index in [0.717, 1.165) is 19.4 Å². The van der Waals surface area contributed by atoms with Gasteiger partial charge in [0.05, 0.1) is 5.75 Å². The molecule has 0 saturated carbocycles. The molecular weight excluding hydrogens is 184 g/mol. The number of nitrogens with two attached hydrogens (primary N) is 1. The molecule has 1 aliphatic heterocycles. The number of likely N-dealkylation sites (tertiary alicyclic amines) is 1. The van der Waals surface area contributed by atoms with E-state index in [2.05, 4.69) is 12.6 Å². The number of amides is 1. The lowest BCUT2D eigenvalue weighted by molar-refractivity contribution is -0.130. The molecular formula is C9H18N2OS. The molecule has 0 aromatic rings. The van der Waals surface area contributed by atoms with E-state index in [-0.39, 0.29) is 11.9 Å². The van der Waals surface area contributed by atoms with E-state index in [4.69, 9.17) is 5.73 Å². The molecule has 1 saturated heterocycles. The lowest BCUT2D eigenvalue weighted by atomic mass is 10.1. The summed E-state index contributed by atoms with van der Waals surface area (Å²) in [6, 6.07) is 0.252. The van der Waals surface area contributed by atoms with Crippen molar-refractivity contribution in [3.05, 3.63) is 0 Å². The molecule has 1 rings (SSSR count). The average molecular weight is 202 g/mol. The Morgan fingerprint density at radius 2 is 2.23 bits per heavy atom. The standard InChI is InChI=1S/C9H18N2OS/c10-6-8-4-2-1-3-5-11(8)9(12)7-13/h8,13H,1-7,10H2. The molecule has 0 aromatic carbocycles. The summed E-state index contributed by atoms with van der Waals surface area (Å²) >= 11 is 4.01. The van der Waals surface area contributed by atoms with Crippen LogP contribution >= 0.6 is 12.6 Å². The van der Waals surface area contributed by atoms with E-state index in [1.807, 2.05) is 4.90 Å². The summed E-state index contributed by atoms with van der Waals surface area (Å²) in [4.78, 5) is 13.4. The number of carbonyl (C=O) groups excluding carboxylic acids is 1. The Labute approximate surface area is 85.1 Å². The van der Waals surface area contributed by atoms with Crippen molar-refractivity contribution in [2.45, 2.75) is 31.7 Å². The minimum Gasteiger partial charge on any atom is -0.338 e. The number of thiol groups is 1. The van der Waals surface area contributed by atoms with Crippen molar-refractivity contribution in [1.29, 1.82) is 0 Å². The smallest absolute Gasteiger partial charge is 0.232 e. The molecule has 76 valence electrons. The molecule has 13 heavy (non-hydrogen) atoms. The van der Waals surface area contributed by atoms with Gasteiger partial charge in [0, 0.05) is 19.1 Å². The fraction of sp³-hybridized carbons (Fsp3) is 0.889. The number of hydrogen-bond donors (Lipinski definition) is 2. The third kappa shape index (κ3) is 2.88. The highest BCUT2D eigenvalue weighted by atomic mass is 32.1. The van der Waals surface area contributed by atoms with Gasteiger partial charge in [0.15, 0.2) is 0 Å². The van der Waals surface area contributed by atoms with Crippen LogP contribution in [0.2, 0.25) is 0 Å². The second-order valence-corrected chi connectivity index (χ2v) is 3.80. The van der Waals surface area contributed by atoms with Gasteiger partial charge < -0.3 is 10.6 Å². The van der Waals surface area contributed by atoms with Crippen molar-refractivity contribution in [1.82, 2.24) is 4.90 Å². The number of rotatable bonds is 2. The first-order chi connectivity index (χ1) is 6.29. The summed E-state index contributed by atoms with van der Waals surface area (Å²) in [6.45, 7) is 1.45. The maximum Gasteiger partial charge on any atom is 0.232 e. The minimum atomic E-state index is 0.126. The predicted molar refractivity (Wildman–Crippen MR) is 56.9 cm³/mol. The first-order valence-corrected chi connectivity index (χ1v) is 5.53. The van der Waals surface area contributed by atoms with Crippen LogP contribution in [-0.2, 0) is 4.79 Å². The van der Waals surface area contributed by atoms with Crippen LogP contribution in [0.25, 0.3) is 0 Å². The zero-order chi connectivity index (χ0) is 9.68. The largest absolute Gasteiger partial charge is 0.338 e. The second kappa shape index (κ2) is 5.50. The molecule has 1 aliphatic rings. The predicted octanol–water partition coefficient (Wildman–Crippen LogP) is 0.646. The van der Waals surface area contributed by atoms with Gasteiger partial charge in [-0.3, -0.25) is 4.79 Å². The van der Waals surface area contributed by atoms with Crippen LogP contribution in [0.1, 0.15) is 25.7 Å². The van der Waals surface area contributed by atoms with Gasteiger partial charge in [0.25, 0.3) is 0 Å². The van der Waals surface area contributed by atoms with Crippen LogP contribution in [0.15, 0.2) is 0 Å². The van der Waals surface area contributed by atoms with Crippen LogP contribution in [-0.4, -0.2) is 35.7 Å². The normalized spacial score (nSPS) is 24.2. The number of hydrogen-bond acceptors (Lipinski definition) is 3. The fourth-order valence-corrected chi connectivity index (χ4v) is 2.02. The molecule has 2 N–H and O–H groups in total. The first-order valence-electron chi connectivity index (χ1n) is 4.90. The highest BCUT2D eigenvalue weighted by Crippen LogP contribution is 2.16. The van der Waals surface area contributed by atoms with Gasteiger partial charge in [-0.1, -0.05) is 12.8 Å². The van der Waals surface area contributed by atoms with Crippen LogP contribution < -0.4 is 5.73 Å². The summed E-state index contributed by atoms with van der Waals surface area (Å²) < 4.78 is 0. The maximum absolute atomic E-state index is 11.5. The Morgan fingerprint density at radius 1 is 1.46 bits per heavy atom. The van der Waals surface area contributed by atoms with Crippen molar-refractivity contribution >= 4 is 18.5 Å². The molecule has 0 radical (unpaired) electrons.